The van der Waals surface area contributed by atoms with E-state index in [4.69, 9.17) is 17.3 Å². The highest BCUT2D eigenvalue weighted by molar-refractivity contribution is 7.17. The van der Waals surface area contributed by atoms with Crippen LogP contribution in [0.25, 0.3) is 21.3 Å². The summed E-state index contributed by atoms with van der Waals surface area (Å²) in [6.07, 6.45) is 0. The topological polar surface area (TPSA) is 51.8 Å². The number of hydrogen-bond acceptors (Lipinski definition) is 4. The first kappa shape index (κ1) is 11.4. The van der Waals surface area contributed by atoms with Crippen LogP contribution in [0.1, 0.15) is 5.56 Å². The summed E-state index contributed by atoms with van der Waals surface area (Å²) in [5.74, 6) is 0.432. The van der Waals surface area contributed by atoms with Crippen LogP contribution in [-0.4, -0.2) is 9.97 Å². The number of aromatic nitrogens is 2. The highest BCUT2D eigenvalue weighted by Crippen LogP contribution is 2.36. The van der Waals surface area contributed by atoms with E-state index in [1.54, 1.807) is 0 Å². The van der Waals surface area contributed by atoms with Crippen molar-refractivity contribution in [3.63, 3.8) is 0 Å². The number of rotatable bonds is 1. The number of nitrogens with two attached hydrogens (primary N) is 1. The molecule has 0 spiro atoms. The van der Waals surface area contributed by atoms with Crippen LogP contribution in [0, 0.1) is 6.92 Å². The summed E-state index contributed by atoms with van der Waals surface area (Å²) < 4.78 is 0. The predicted octanol–water partition coefficient (Wildman–Crippen LogP) is 3.90. The van der Waals surface area contributed by atoms with Gasteiger partial charge in [-0.25, -0.2) is 9.97 Å². The quantitative estimate of drug-likeness (QED) is 0.685. The molecular weight excluding hydrogens is 266 g/mol. The Kier molecular flexibility index (Phi) is 2.69. The van der Waals surface area contributed by atoms with Gasteiger partial charge in [0.05, 0.1) is 5.39 Å². The largest absolute Gasteiger partial charge is 0.383 e. The first-order valence-corrected chi connectivity index (χ1v) is 6.68. The molecule has 0 unspecified atom stereocenters. The van der Waals surface area contributed by atoms with Crippen molar-refractivity contribution in [2.24, 2.45) is 0 Å². The zero-order chi connectivity index (χ0) is 12.7. The lowest BCUT2D eigenvalue weighted by Gasteiger charge is -2.02. The molecule has 2 heterocycles. The molecule has 0 bridgehead atoms. The van der Waals surface area contributed by atoms with E-state index in [-0.39, 0.29) is 5.28 Å². The molecule has 3 rings (SSSR count). The maximum atomic E-state index is 5.94. The van der Waals surface area contributed by atoms with Crippen LogP contribution >= 0.6 is 22.9 Å². The van der Waals surface area contributed by atoms with Crippen molar-refractivity contribution in [3.05, 3.63) is 40.5 Å². The number of aryl methyl sites for hydroxylation is 1. The van der Waals surface area contributed by atoms with Gasteiger partial charge >= 0.3 is 0 Å². The zero-order valence-corrected chi connectivity index (χ0v) is 11.2. The molecular formula is C13H10ClN3S. The van der Waals surface area contributed by atoms with Crippen LogP contribution in [0.5, 0.6) is 0 Å². The minimum Gasteiger partial charge on any atom is -0.383 e. The number of hydrogen-bond donors (Lipinski definition) is 1. The number of fused-ring (bicyclic) bond motifs is 1. The molecule has 3 nitrogen and oxygen atoms in total. The molecule has 0 aliphatic rings. The molecule has 3 aromatic rings. The summed E-state index contributed by atoms with van der Waals surface area (Å²) in [4.78, 5) is 9.03. The molecule has 90 valence electrons. The lowest BCUT2D eigenvalue weighted by Crippen LogP contribution is -1.93. The highest BCUT2D eigenvalue weighted by atomic mass is 35.5. The first-order valence-electron chi connectivity index (χ1n) is 5.42. The number of nitrogen functional groups attached to an aromatic ring is 1. The van der Waals surface area contributed by atoms with E-state index in [0.717, 1.165) is 21.3 Å². The van der Waals surface area contributed by atoms with Gasteiger partial charge in [-0.2, -0.15) is 0 Å². The van der Waals surface area contributed by atoms with Gasteiger partial charge in [0.2, 0.25) is 5.28 Å². The van der Waals surface area contributed by atoms with Crippen molar-refractivity contribution >= 4 is 39.0 Å². The second-order valence-corrected chi connectivity index (χ2v) is 5.27. The van der Waals surface area contributed by atoms with Crippen LogP contribution in [0.2, 0.25) is 5.28 Å². The van der Waals surface area contributed by atoms with E-state index in [0.29, 0.717) is 5.82 Å². The van der Waals surface area contributed by atoms with Gasteiger partial charge < -0.3 is 5.73 Å². The Hall–Kier alpha value is -1.65. The van der Waals surface area contributed by atoms with Gasteiger partial charge in [-0.1, -0.05) is 29.8 Å². The van der Waals surface area contributed by atoms with E-state index < -0.39 is 0 Å². The normalized spacial score (nSPS) is 11.0. The Labute approximate surface area is 113 Å². The van der Waals surface area contributed by atoms with E-state index in [9.17, 15) is 0 Å². The summed E-state index contributed by atoms with van der Waals surface area (Å²) in [5, 5.41) is 3.11. The number of thiophene rings is 1. The number of nitrogens with zero attached hydrogens (tertiary/aromatic N) is 2. The fourth-order valence-electron chi connectivity index (χ4n) is 1.89. The first-order chi connectivity index (χ1) is 8.65. The monoisotopic (exact) mass is 275 g/mol. The van der Waals surface area contributed by atoms with Crippen molar-refractivity contribution < 1.29 is 0 Å². The Morgan fingerprint density at radius 1 is 1.17 bits per heavy atom. The highest BCUT2D eigenvalue weighted by Gasteiger charge is 2.12. The smallest absolute Gasteiger partial charge is 0.225 e. The summed E-state index contributed by atoms with van der Waals surface area (Å²) in [6, 6.07) is 8.30. The van der Waals surface area contributed by atoms with Crippen molar-refractivity contribution in [2.75, 3.05) is 5.73 Å². The number of benzene rings is 1. The Balaban J connectivity index is 2.27. The van der Waals surface area contributed by atoms with Gasteiger partial charge in [0.15, 0.2) is 0 Å². The van der Waals surface area contributed by atoms with Gasteiger partial charge in [0, 0.05) is 10.9 Å². The standard InChI is InChI=1S/C13H10ClN3S/c1-7-2-4-8(5-3-7)9-6-18-12-10(9)11(15)16-13(14)17-12/h2-6H,1H3,(H2,15,16,17). The summed E-state index contributed by atoms with van der Waals surface area (Å²) in [7, 11) is 0. The van der Waals surface area contributed by atoms with Gasteiger partial charge in [-0.15, -0.1) is 11.3 Å². The molecule has 0 atom stereocenters. The molecule has 5 heteroatoms. The average Bonchev–Trinajstić information content (AvgIpc) is 2.74. The lowest BCUT2D eigenvalue weighted by molar-refractivity contribution is 1.24. The number of anilines is 1. The van der Waals surface area contributed by atoms with Crippen LogP contribution in [0.15, 0.2) is 29.6 Å². The molecule has 18 heavy (non-hydrogen) atoms. The zero-order valence-electron chi connectivity index (χ0n) is 9.64. The summed E-state index contributed by atoms with van der Waals surface area (Å²) in [5.41, 5.74) is 9.34. The summed E-state index contributed by atoms with van der Waals surface area (Å²) >= 11 is 7.33. The Morgan fingerprint density at radius 3 is 2.61 bits per heavy atom. The SMILES string of the molecule is Cc1ccc(-c2csc3nc(Cl)nc(N)c23)cc1. The molecule has 0 saturated carbocycles. The number of halogens is 1. The van der Waals surface area contributed by atoms with E-state index in [2.05, 4.69) is 41.2 Å². The van der Waals surface area contributed by atoms with E-state index in [1.165, 1.54) is 16.9 Å². The third kappa shape index (κ3) is 1.83. The Bertz CT molecular complexity index is 719. The maximum Gasteiger partial charge on any atom is 0.225 e. The molecule has 0 aliphatic carbocycles. The van der Waals surface area contributed by atoms with Gasteiger partial charge in [-0.3, -0.25) is 0 Å². The van der Waals surface area contributed by atoms with Gasteiger partial charge in [0.25, 0.3) is 0 Å². The second-order valence-electron chi connectivity index (χ2n) is 4.07. The molecule has 0 fully saturated rings. The third-order valence-electron chi connectivity index (χ3n) is 2.80. The van der Waals surface area contributed by atoms with E-state index in [1.807, 2.05) is 5.38 Å². The fourth-order valence-corrected chi connectivity index (χ4v) is 3.07. The molecule has 1 aromatic carbocycles. The molecule has 0 amide bonds. The molecule has 0 saturated heterocycles. The van der Waals surface area contributed by atoms with Crippen LogP contribution in [0.3, 0.4) is 0 Å². The fraction of sp³-hybridized carbons (Fsp3) is 0.0769. The maximum absolute atomic E-state index is 5.94. The van der Waals surface area contributed by atoms with Gasteiger partial charge in [0.1, 0.15) is 10.6 Å². The molecule has 0 radical (unpaired) electrons. The third-order valence-corrected chi connectivity index (χ3v) is 3.84. The van der Waals surface area contributed by atoms with Gasteiger partial charge in [-0.05, 0) is 24.1 Å². The predicted molar refractivity (Wildman–Crippen MR) is 77.0 cm³/mol. The Morgan fingerprint density at radius 2 is 1.89 bits per heavy atom. The molecule has 2 aromatic heterocycles. The average molecular weight is 276 g/mol. The molecule has 2 N–H and O–H groups in total. The van der Waals surface area contributed by atoms with Crippen molar-refractivity contribution in [1.29, 1.82) is 0 Å². The van der Waals surface area contributed by atoms with Crippen molar-refractivity contribution in [2.45, 2.75) is 6.92 Å². The van der Waals surface area contributed by atoms with E-state index >= 15 is 0 Å². The second kappa shape index (κ2) is 4.23. The van der Waals surface area contributed by atoms with Crippen molar-refractivity contribution in [1.82, 2.24) is 9.97 Å². The van der Waals surface area contributed by atoms with Crippen LogP contribution < -0.4 is 5.73 Å². The minimum atomic E-state index is 0.192. The molecule has 0 aliphatic heterocycles. The minimum absolute atomic E-state index is 0.192. The van der Waals surface area contributed by atoms with Crippen LogP contribution in [-0.2, 0) is 0 Å². The summed E-state index contributed by atoms with van der Waals surface area (Å²) in [6.45, 7) is 2.06. The van der Waals surface area contributed by atoms with Crippen LogP contribution in [0.4, 0.5) is 5.82 Å². The van der Waals surface area contributed by atoms with Crippen molar-refractivity contribution in [3.8, 4) is 11.1 Å². The lowest BCUT2D eigenvalue weighted by atomic mass is 10.0.